The van der Waals surface area contributed by atoms with Gasteiger partial charge in [-0.2, -0.15) is 5.26 Å². The summed E-state index contributed by atoms with van der Waals surface area (Å²) in [5.74, 6) is -1.15. The number of esters is 1. The van der Waals surface area contributed by atoms with Gasteiger partial charge in [0.25, 0.3) is 5.69 Å². The quantitative estimate of drug-likeness (QED) is 0.210. The van der Waals surface area contributed by atoms with Crippen LogP contribution in [0.5, 0.6) is 0 Å². The summed E-state index contributed by atoms with van der Waals surface area (Å²) < 4.78 is 5.13. The van der Waals surface area contributed by atoms with Crippen LogP contribution < -0.4 is 14.7 Å². The molecule has 0 aromatic heterocycles. The first kappa shape index (κ1) is 22.8. The fraction of sp³-hybridized carbons (Fsp3) is 0.292. The number of carbonyl (C=O) groups excluding carboxylic acids is 2. The zero-order chi connectivity index (χ0) is 24.4. The lowest BCUT2D eigenvalue weighted by Crippen LogP contribution is -2.27. The molecule has 2 aliphatic heterocycles. The van der Waals surface area contributed by atoms with E-state index in [1.165, 1.54) is 18.2 Å². The minimum absolute atomic E-state index is 0.0314. The largest absolute Gasteiger partial charge is 0.454 e. The number of ether oxygens (including phenoxy) is 1. The molecular formula is C24H23N5O5. The number of Topliss-reactive ketones (excluding diaryl/α,β-unsaturated/α-hetero) is 1. The van der Waals surface area contributed by atoms with Crippen molar-refractivity contribution in [3.63, 3.8) is 0 Å². The van der Waals surface area contributed by atoms with Gasteiger partial charge in [-0.05, 0) is 37.1 Å². The van der Waals surface area contributed by atoms with Crippen LogP contribution >= 0.6 is 0 Å². The Hall–Kier alpha value is -4.39. The highest BCUT2D eigenvalue weighted by molar-refractivity contribution is 6.04. The van der Waals surface area contributed by atoms with Gasteiger partial charge >= 0.3 is 5.97 Å². The second-order valence-corrected chi connectivity index (χ2v) is 8.07. The van der Waals surface area contributed by atoms with Crippen molar-refractivity contribution < 1.29 is 19.2 Å². The van der Waals surface area contributed by atoms with Gasteiger partial charge in [-0.1, -0.05) is 12.1 Å². The molecule has 0 saturated carbocycles. The van der Waals surface area contributed by atoms with E-state index in [0.717, 1.165) is 37.3 Å². The van der Waals surface area contributed by atoms with E-state index in [4.69, 9.17) is 4.74 Å². The SMILES string of the molecule is CN1C(=C(C#N)C(=O)COC(=O)c2ccc(N3CCCC3)c([N+](=O)[O-])c2)N(C)c2ccccc21. The van der Waals surface area contributed by atoms with Crippen LogP contribution in [0.2, 0.25) is 0 Å². The number of nitro benzene ring substituents is 1. The summed E-state index contributed by atoms with van der Waals surface area (Å²) in [5, 5.41) is 21.3. The van der Waals surface area contributed by atoms with Gasteiger partial charge < -0.3 is 19.4 Å². The molecule has 34 heavy (non-hydrogen) atoms. The molecule has 0 bridgehead atoms. The molecular weight excluding hydrogens is 438 g/mol. The average molecular weight is 461 g/mol. The minimum atomic E-state index is -0.872. The second kappa shape index (κ2) is 9.23. The van der Waals surface area contributed by atoms with Gasteiger partial charge in [-0.15, -0.1) is 0 Å². The zero-order valence-electron chi connectivity index (χ0n) is 18.9. The van der Waals surface area contributed by atoms with Gasteiger partial charge in [0.05, 0.1) is 21.9 Å². The van der Waals surface area contributed by atoms with E-state index in [2.05, 4.69) is 0 Å². The van der Waals surface area contributed by atoms with E-state index in [1.54, 1.807) is 23.9 Å². The Balaban J connectivity index is 1.51. The molecule has 0 radical (unpaired) electrons. The topological polar surface area (TPSA) is 120 Å². The standard InChI is InChI=1S/C24H23N5O5/c1-26-18-7-3-4-8-19(18)27(2)23(26)17(14-25)22(30)15-34-24(31)16-9-10-20(21(13-16)29(32)33)28-11-5-6-12-28/h3-4,7-10,13H,5-6,11-12,15H2,1-2H3. The lowest BCUT2D eigenvalue weighted by molar-refractivity contribution is -0.384. The molecule has 0 amide bonds. The maximum atomic E-state index is 12.8. The summed E-state index contributed by atoms with van der Waals surface area (Å²) in [6.07, 6.45) is 1.91. The Kier molecular flexibility index (Phi) is 6.19. The summed E-state index contributed by atoms with van der Waals surface area (Å²) in [4.78, 5) is 41.8. The van der Waals surface area contributed by atoms with Crippen molar-refractivity contribution in [3.05, 3.63) is 69.5 Å². The third kappa shape index (κ3) is 4.03. The van der Waals surface area contributed by atoms with E-state index >= 15 is 0 Å². The van der Waals surface area contributed by atoms with Gasteiger partial charge in [0, 0.05) is 33.3 Å². The molecule has 174 valence electrons. The molecule has 1 saturated heterocycles. The maximum absolute atomic E-state index is 12.8. The van der Waals surface area contributed by atoms with E-state index in [0.29, 0.717) is 11.5 Å². The van der Waals surface area contributed by atoms with Crippen LogP contribution in [0.4, 0.5) is 22.7 Å². The Bertz CT molecular complexity index is 1210. The van der Waals surface area contributed by atoms with Crippen LogP contribution in [0, 0.1) is 21.4 Å². The number of rotatable bonds is 6. The number of hydrogen-bond donors (Lipinski definition) is 0. The molecule has 1 fully saturated rings. The number of para-hydroxylation sites is 2. The third-order valence-corrected chi connectivity index (χ3v) is 6.04. The molecule has 4 rings (SSSR count). The van der Waals surface area contributed by atoms with E-state index in [9.17, 15) is 25.0 Å². The van der Waals surface area contributed by atoms with Gasteiger partial charge in [0.1, 0.15) is 23.2 Å². The molecule has 0 spiro atoms. The normalized spacial score (nSPS) is 14.6. The lowest BCUT2D eigenvalue weighted by Gasteiger charge is -2.20. The number of anilines is 3. The number of nitro groups is 1. The van der Waals surface area contributed by atoms with Crippen molar-refractivity contribution in [2.45, 2.75) is 12.8 Å². The van der Waals surface area contributed by atoms with Crippen molar-refractivity contribution >= 4 is 34.5 Å². The van der Waals surface area contributed by atoms with Crippen molar-refractivity contribution in [2.24, 2.45) is 0 Å². The van der Waals surface area contributed by atoms with Crippen molar-refractivity contribution in [1.82, 2.24) is 0 Å². The van der Waals surface area contributed by atoms with E-state index in [1.807, 2.05) is 35.2 Å². The first-order valence-corrected chi connectivity index (χ1v) is 10.8. The Morgan fingerprint density at radius 2 is 1.68 bits per heavy atom. The summed E-state index contributed by atoms with van der Waals surface area (Å²) in [7, 11) is 3.49. The molecule has 0 N–H and O–H groups in total. The van der Waals surface area contributed by atoms with Gasteiger partial charge in [-0.3, -0.25) is 14.9 Å². The van der Waals surface area contributed by atoms with Crippen molar-refractivity contribution in [2.75, 3.05) is 48.5 Å². The molecule has 2 aromatic carbocycles. The number of nitriles is 1. The number of benzene rings is 2. The number of nitrogens with zero attached hydrogens (tertiary/aromatic N) is 5. The summed E-state index contributed by atoms with van der Waals surface area (Å²) in [6.45, 7) is 0.778. The van der Waals surface area contributed by atoms with Crippen LogP contribution in [0.1, 0.15) is 23.2 Å². The van der Waals surface area contributed by atoms with Gasteiger partial charge in [0.2, 0.25) is 5.78 Å². The predicted molar refractivity (Wildman–Crippen MR) is 126 cm³/mol. The van der Waals surface area contributed by atoms with Crippen LogP contribution in [-0.4, -0.2) is 50.5 Å². The van der Waals surface area contributed by atoms with E-state index < -0.39 is 23.3 Å². The molecule has 10 heteroatoms. The Labute approximate surface area is 196 Å². The Morgan fingerprint density at radius 1 is 1.06 bits per heavy atom. The van der Waals surface area contributed by atoms with Crippen molar-refractivity contribution in [1.29, 1.82) is 5.26 Å². The number of ketones is 1. The molecule has 10 nitrogen and oxygen atoms in total. The lowest BCUT2D eigenvalue weighted by atomic mass is 10.1. The molecule has 0 atom stereocenters. The fourth-order valence-corrected chi connectivity index (χ4v) is 4.37. The highest BCUT2D eigenvalue weighted by Crippen LogP contribution is 2.40. The summed E-state index contributed by atoms with van der Waals surface area (Å²) >= 11 is 0. The molecule has 2 aromatic rings. The third-order valence-electron chi connectivity index (χ3n) is 6.04. The van der Waals surface area contributed by atoms with Gasteiger partial charge in [-0.25, -0.2) is 4.79 Å². The highest BCUT2D eigenvalue weighted by atomic mass is 16.6. The number of carbonyl (C=O) groups is 2. The van der Waals surface area contributed by atoms with Crippen LogP contribution in [-0.2, 0) is 9.53 Å². The van der Waals surface area contributed by atoms with E-state index in [-0.39, 0.29) is 16.8 Å². The molecule has 2 aliphatic rings. The van der Waals surface area contributed by atoms with Gasteiger partial charge in [0.15, 0.2) is 6.61 Å². The highest BCUT2D eigenvalue weighted by Gasteiger charge is 2.32. The maximum Gasteiger partial charge on any atom is 0.338 e. The minimum Gasteiger partial charge on any atom is -0.454 e. The Morgan fingerprint density at radius 3 is 2.24 bits per heavy atom. The molecule has 0 aliphatic carbocycles. The van der Waals surface area contributed by atoms with Crippen LogP contribution in [0.3, 0.4) is 0 Å². The smallest absolute Gasteiger partial charge is 0.338 e. The molecule has 0 unspecified atom stereocenters. The number of fused-ring (bicyclic) bond motifs is 1. The van der Waals surface area contributed by atoms with Crippen molar-refractivity contribution in [3.8, 4) is 6.07 Å². The average Bonchev–Trinajstić information content (AvgIpc) is 3.46. The monoisotopic (exact) mass is 461 g/mol. The first-order valence-electron chi connectivity index (χ1n) is 10.8. The van der Waals surface area contributed by atoms with Crippen LogP contribution in [0.15, 0.2) is 53.9 Å². The second-order valence-electron chi connectivity index (χ2n) is 8.07. The predicted octanol–water partition coefficient (Wildman–Crippen LogP) is 3.24. The summed E-state index contributed by atoms with van der Waals surface area (Å²) in [6, 6.07) is 13.5. The summed E-state index contributed by atoms with van der Waals surface area (Å²) in [5.41, 5.74) is 1.76. The zero-order valence-corrected chi connectivity index (χ0v) is 18.9. The molecule has 2 heterocycles. The fourth-order valence-electron chi connectivity index (χ4n) is 4.37. The number of hydrogen-bond acceptors (Lipinski definition) is 9. The van der Waals surface area contributed by atoms with Crippen LogP contribution in [0.25, 0.3) is 0 Å². The first-order chi connectivity index (χ1) is 16.3.